The van der Waals surface area contributed by atoms with Crippen LogP contribution in [0.3, 0.4) is 0 Å². The van der Waals surface area contributed by atoms with E-state index in [9.17, 15) is 9.59 Å². The van der Waals surface area contributed by atoms with Gasteiger partial charge in [0.05, 0.1) is 12.5 Å². The third kappa shape index (κ3) is 5.20. The van der Waals surface area contributed by atoms with E-state index in [1.807, 2.05) is 4.90 Å². The molecule has 0 fully saturated rings. The zero-order valence-electron chi connectivity index (χ0n) is 20.1. The summed E-state index contributed by atoms with van der Waals surface area (Å²) in [6.45, 7) is 11.3. The van der Waals surface area contributed by atoms with E-state index in [1.54, 1.807) is 6.92 Å². The zero-order chi connectivity index (χ0) is 24.1. The lowest BCUT2D eigenvalue weighted by molar-refractivity contribution is -0.140. The molecule has 0 unspecified atom stereocenters. The molecule has 2 heterocycles. The molecule has 0 saturated carbocycles. The summed E-state index contributed by atoms with van der Waals surface area (Å²) in [6, 6.07) is 6.82. The molecule has 7 heteroatoms. The fourth-order valence-electron chi connectivity index (χ4n) is 4.64. The van der Waals surface area contributed by atoms with E-state index in [0.717, 1.165) is 26.1 Å². The third-order valence-electron chi connectivity index (χ3n) is 6.33. The average Bonchev–Trinajstić information content (AvgIpc) is 3.23. The molecule has 4 rings (SSSR count). The first-order valence-corrected chi connectivity index (χ1v) is 11.6. The van der Waals surface area contributed by atoms with E-state index in [0.29, 0.717) is 11.6 Å². The Labute approximate surface area is 195 Å². The molecule has 2 aliphatic rings. The van der Waals surface area contributed by atoms with Gasteiger partial charge in [-0.25, -0.2) is 4.79 Å². The number of hydrogen-bond donors (Lipinski definition) is 2. The number of rotatable bonds is 6. The van der Waals surface area contributed by atoms with Gasteiger partial charge in [0.2, 0.25) is 5.91 Å². The molecule has 0 bridgehead atoms. The van der Waals surface area contributed by atoms with Crippen LogP contribution < -0.4 is 0 Å². The van der Waals surface area contributed by atoms with E-state index >= 15 is 0 Å². The Kier molecular flexibility index (Phi) is 8.10. The molecule has 7 nitrogen and oxygen atoms in total. The Bertz CT molecular complexity index is 1050. The number of hydrogen-bond acceptors (Lipinski definition) is 5. The van der Waals surface area contributed by atoms with Crippen LogP contribution in [0.1, 0.15) is 31.9 Å². The highest BCUT2D eigenvalue weighted by atomic mass is 16.5. The van der Waals surface area contributed by atoms with Crippen molar-refractivity contribution in [3.63, 3.8) is 0 Å². The van der Waals surface area contributed by atoms with Gasteiger partial charge in [0.1, 0.15) is 6.61 Å². The molecule has 1 aromatic carbocycles. The molecule has 0 saturated heterocycles. The number of likely N-dealkylation sites (N-methyl/N-ethyl adjacent to an activating group) is 1. The Balaban J connectivity index is 0.000000292. The fraction of sp³-hybridized carbons (Fsp3) is 0.462. The van der Waals surface area contributed by atoms with Gasteiger partial charge in [0, 0.05) is 48.3 Å². The maximum absolute atomic E-state index is 12.9. The van der Waals surface area contributed by atoms with Crippen LogP contribution in [0.15, 0.2) is 42.6 Å². The number of benzene rings is 1. The number of aromatic amines is 1. The smallest absolute Gasteiger partial charge is 0.333 e. The lowest BCUT2D eigenvalue weighted by Gasteiger charge is -2.40. The predicted octanol–water partition coefficient (Wildman–Crippen LogP) is 3.00. The number of H-pyrrole nitrogens is 1. The van der Waals surface area contributed by atoms with Crippen LogP contribution in [0, 0.1) is 5.92 Å². The van der Waals surface area contributed by atoms with Crippen LogP contribution in [0.25, 0.3) is 16.5 Å². The molecule has 2 atom stereocenters. The maximum atomic E-state index is 12.9. The molecule has 1 aromatic heterocycles. The highest BCUT2D eigenvalue weighted by Crippen LogP contribution is 2.40. The summed E-state index contributed by atoms with van der Waals surface area (Å²) in [6.07, 6.45) is 5.41. The van der Waals surface area contributed by atoms with Crippen molar-refractivity contribution in [2.45, 2.75) is 33.2 Å². The molecule has 2 aromatic rings. The molecule has 1 amide bonds. The summed E-state index contributed by atoms with van der Waals surface area (Å²) in [7, 11) is 2.15. The summed E-state index contributed by atoms with van der Waals surface area (Å²) in [5.41, 5.74) is 5.56. The molecule has 0 radical (unpaired) electrons. The number of aromatic nitrogens is 1. The van der Waals surface area contributed by atoms with Crippen LogP contribution in [0.5, 0.6) is 0 Å². The maximum Gasteiger partial charge on any atom is 0.333 e. The van der Waals surface area contributed by atoms with E-state index in [1.165, 1.54) is 27.6 Å². The second-order valence-electron chi connectivity index (χ2n) is 8.58. The van der Waals surface area contributed by atoms with Gasteiger partial charge in [-0.1, -0.05) is 24.8 Å². The Hall–Kier alpha value is -2.90. The van der Waals surface area contributed by atoms with Crippen LogP contribution in [0.2, 0.25) is 0 Å². The third-order valence-corrected chi connectivity index (χ3v) is 6.33. The zero-order valence-corrected chi connectivity index (χ0v) is 20.1. The average molecular weight is 454 g/mol. The number of carbonyl (C=O) groups is 2. The van der Waals surface area contributed by atoms with Crippen LogP contribution in [-0.2, 0) is 20.7 Å². The number of aliphatic hydroxyl groups excluding tert-OH is 1. The number of nitrogens with one attached hydrogen (secondary N) is 1. The SMILES string of the molecule is C=C(C)C(=O)OCCO.CCN(CC)C(=O)[C@@H]1C=C2c3cccc4[nH]cc(c34)C[C@H]2N(C)C1. The number of carbonyl (C=O) groups excluding carboxylic acids is 2. The molecular formula is C26H35N3O4. The van der Waals surface area contributed by atoms with E-state index < -0.39 is 5.97 Å². The van der Waals surface area contributed by atoms with Crippen molar-refractivity contribution >= 4 is 28.4 Å². The van der Waals surface area contributed by atoms with E-state index in [2.05, 4.69) is 72.6 Å². The van der Waals surface area contributed by atoms with Gasteiger partial charge in [-0.05, 0) is 57.0 Å². The molecular weight excluding hydrogens is 418 g/mol. The summed E-state index contributed by atoms with van der Waals surface area (Å²) < 4.78 is 4.46. The van der Waals surface area contributed by atoms with Crippen molar-refractivity contribution in [3.05, 3.63) is 53.8 Å². The van der Waals surface area contributed by atoms with E-state index in [4.69, 9.17) is 5.11 Å². The minimum absolute atomic E-state index is 0.0445. The monoisotopic (exact) mass is 453 g/mol. The van der Waals surface area contributed by atoms with Crippen LogP contribution in [-0.4, -0.2) is 77.7 Å². The second-order valence-corrected chi connectivity index (χ2v) is 8.58. The first-order chi connectivity index (χ1) is 15.8. The Morgan fingerprint density at radius 1 is 1.30 bits per heavy atom. The fourth-order valence-corrected chi connectivity index (χ4v) is 4.64. The summed E-state index contributed by atoms with van der Waals surface area (Å²) >= 11 is 0. The lowest BCUT2D eigenvalue weighted by atomic mass is 9.79. The van der Waals surface area contributed by atoms with Gasteiger partial charge in [-0.3, -0.25) is 9.69 Å². The van der Waals surface area contributed by atoms with Gasteiger partial charge in [-0.15, -0.1) is 0 Å². The van der Waals surface area contributed by atoms with Crippen LogP contribution >= 0.6 is 0 Å². The normalized spacial score (nSPS) is 19.1. The van der Waals surface area contributed by atoms with Crippen molar-refractivity contribution in [3.8, 4) is 0 Å². The summed E-state index contributed by atoms with van der Waals surface area (Å²) in [5, 5.41) is 9.53. The molecule has 2 N–H and O–H groups in total. The van der Waals surface area contributed by atoms with E-state index in [-0.39, 0.29) is 25.0 Å². The standard InChI is InChI=1S/C20H25N3O.C6H10O3/c1-4-23(5-2)20(24)14-9-16-15-7-6-8-17-19(15)13(11-21-17)10-18(16)22(3)12-14;1-5(2)6(8)9-4-3-7/h6-9,11,14,18,21H,4-5,10,12H2,1-3H3;7H,1,3-4H2,2H3/t14-,18-;/m1./s1. The quantitative estimate of drug-likeness (QED) is 0.519. The minimum atomic E-state index is -0.455. The van der Waals surface area contributed by atoms with Gasteiger partial charge in [0.25, 0.3) is 0 Å². The Morgan fingerprint density at radius 2 is 2.03 bits per heavy atom. The second kappa shape index (κ2) is 10.8. The minimum Gasteiger partial charge on any atom is -0.460 e. The van der Waals surface area contributed by atoms with Gasteiger partial charge in [0.15, 0.2) is 0 Å². The largest absolute Gasteiger partial charge is 0.460 e. The molecule has 0 spiro atoms. The number of fused-ring (bicyclic) bond motifs is 2. The van der Waals surface area contributed by atoms with Crippen molar-refractivity contribution < 1.29 is 19.4 Å². The number of ether oxygens (including phenoxy) is 1. The number of amides is 1. The van der Waals surface area contributed by atoms with Crippen molar-refractivity contribution in [1.82, 2.24) is 14.8 Å². The van der Waals surface area contributed by atoms with Gasteiger partial charge >= 0.3 is 5.97 Å². The number of aliphatic hydroxyl groups is 1. The van der Waals surface area contributed by atoms with Gasteiger partial charge in [-0.2, -0.15) is 0 Å². The predicted molar refractivity (Wildman–Crippen MR) is 131 cm³/mol. The highest BCUT2D eigenvalue weighted by molar-refractivity contribution is 5.99. The first-order valence-electron chi connectivity index (χ1n) is 11.6. The molecule has 1 aliphatic carbocycles. The molecule has 1 aliphatic heterocycles. The topological polar surface area (TPSA) is 85.9 Å². The molecule has 33 heavy (non-hydrogen) atoms. The Morgan fingerprint density at radius 3 is 2.67 bits per heavy atom. The molecule has 178 valence electrons. The van der Waals surface area contributed by atoms with Gasteiger partial charge < -0.3 is 19.7 Å². The van der Waals surface area contributed by atoms with Crippen LogP contribution in [0.4, 0.5) is 0 Å². The summed E-state index contributed by atoms with van der Waals surface area (Å²) in [5.74, 6) is -0.245. The summed E-state index contributed by atoms with van der Waals surface area (Å²) in [4.78, 5) is 31.0. The van der Waals surface area contributed by atoms with Crippen molar-refractivity contribution in [2.75, 3.05) is 39.9 Å². The number of esters is 1. The number of nitrogens with zero attached hydrogens (tertiary/aromatic N) is 2. The lowest BCUT2D eigenvalue weighted by Crippen LogP contribution is -2.47. The first kappa shape index (κ1) is 24.7. The van der Waals surface area contributed by atoms with Crippen molar-refractivity contribution in [1.29, 1.82) is 0 Å². The van der Waals surface area contributed by atoms with Crippen molar-refractivity contribution in [2.24, 2.45) is 5.92 Å². The highest BCUT2D eigenvalue weighted by Gasteiger charge is 2.36.